The van der Waals surface area contributed by atoms with E-state index in [1.165, 1.54) is 6.07 Å². The lowest BCUT2D eigenvalue weighted by Crippen LogP contribution is -2.22. The number of aromatic carboxylic acids is 1. The fraction of sp³-hybridized carbons (Fsp3) is 0.500. The summed E-state index contributed by atoms with van der Waals surface area (Å²) in [6.07, 6.45) is 1.67. The number of hydrogen-bond donors (Lipinski definition) is 1. The Morgan fingerprint density at radius 1 is 1.29 bits per heavy atom. The molecule has 0 saturated carbocycles. The summed E-state index contributed by atoms with van der Waals surface area (Å²) < 4.78 is 5.83. The van der Waals surface area contributed by atoms with Crippen molar-refractivity contribution in [3.05, 3.63) is 33.3 Å². The maximum absolute atomic E-state index is 12.1. The average Bonchev–Trinajstić information content (AvgIpc) is 2.36. The lowest BCUT2D eigenvalue weighted by Gasteiger charge is -2.24. The van der Waals surface area contributed by atoms with Crippen LogP contribution in [0.4, 0.5) is 0 Å². The Kier molecular flexibility index (Phi) is 5.96. The van der Waals surface area contributed by atoms with Gasteiger partial charge in [-0.2, -0.15) is 0 Å². The maximum atomic E-state index is 12.1. The van der Waals surface area contributed by atoms with Crippen molar-refractivity contribution in [1.29, 1.82) is 0 Å². The number of rotatable bonds is 5. The van der Waals surface area contributed by atoms with Gasteiger partial charge in [-0.1, -0.05) is 50.0 Å². The number of carbonyl (C=O) groups is 2. The Morgan fingerprint density at radius 2 is 1.90 bits per heavy atom. The Bertz CT molecular complexity index is 544. The normalized spacial score (nSPS) is 11.3. The Balaban J connectivity index is 3.34. The molecule has 0 saturated heterocycles. The highest BCUT2D eigenvalue weighted by Gasteiger charge is 2.29. The quantitative estimate of drug-likeness (QED) is 0.627. The summed E-state index contributed by atoms with van der Waals surface area (Å²) in [6, 6.07) is 3.19. The van der Waals surface area contributed by atoms with Crippen LogP contribution in [0, 0.1) is 0 Å². The summed E-state index contributed by atoms with van der Waals surface area (Å²) in [4.78, 5) is 23.8. The van der Waals surface area contributed by atoms with Gasteiger partial charge in [-0.3, -0.25) is 0 Å². The molecule has 1 rings (SSSR count). The van der Waals surface area contributed by atoms with E-state index < -0.39 is 17.4 Å². The Labute approximate surface area is 133 Å². The fourth-order valence-electron chi connectivity index (χ4n) is 2.09. The van der Waals surface area contributed by atoms with Crippen LogP contribution in [-0.2, 0) is 10.2 Å². The lowest BCUT2D eigenvalue weighted by molar-refractivity contribution is 0.0488. The zero-order chi connectivity index (χ0) is 16.2. The van der Waals surface area contributed by atoms with Gasteiger partial charge in [-0.15, -0.1) is 0 Å². The van der Waals surface area contributed by atoms with Gasteiger partial charge >= 0.3 is 11.9 Å². The summed E-state index contributed by atoms with van der Waals surface area (Å²) in [6.45, 7) is 8.02. The monoisotopic (exact) mass is 356 g/mol. The first-order chi connectivity index (χ1) is 9.70. The molecule has 0 atom stereocenters. The zero-order valence-corrected chi connectivity index (χ0v) is 14.4. The molecule has 0 aliphatic heterocycles. The van der Waals surface area contributed by atoms with Gasteiger partial charge in [0.25, 0.3) is 0 Å². The van der Waals surface area contributed by atoms with E-state index in [0.29, 0.717) is 16.6 Å². The van der Waals surface area contributed by atoms with Crippen LogP contribution in [0.25, 0.3) is 0 Å². The molecule has 0 unspecified atom stereocenters. The molecule has 116 valence electrons. The molecule has 1 aromatic carbocycles. The summed E-state index contributed by atoms with van der Waals surface area (Å²) in [5, 5.41) is 9.53. The predicted octanol–water partition coefficient (Wildman–Crippen LogP) is 4.40. The molecule has 0 spiro atoms. The van der Waals surface area contributed by atoms with Gasteiger partial charge in [0, 0.05) is 4.47 Å². The molecule has 0 radical (unpaired) electrons. The molecule has 0 aliphatic rings. The fourth-order valence-corrected chi connectivity index (χ4v) is 3.01. The van der Waals surface area contributed by atoms with Crippen molar-refractivity contribution < 1.29 is 19.4 Å². The van der Waals surface area contributed by atoms with Crippen LogP contribution in [0.5, 0.6) is 0 Å². The van der Waals surface area contributed by atoms with E-state index in [4.69, 9.17) is 4.74 Å². The minimum atomic E-state index is -1.12. The number of halogens is 1. The van der Waals surface area contributed by atoms with E-state index in [0.717, 1.165) is 12.8 Å². The van der Waals surface area contributed by atoms with Crippen molar-refractivity contribution in [3.8, 4) is 0 Å². The van der Waals surface area contributed by atoms with Gasteiger partial charge in [0.05, 0.1) is 17.7 Å². The van der Waals surface area contributed by atoms with Crippen LogP contribution < -0.4 is 0 Å². The largest absolute Gasteiger partial charge is 0.478 e. The highest BCUT2D eigenvalue weighted by atomic mass is 79.9. The Morgan fingerprint density at radius 3 is 2.38 bits per heavy atom. The number of esters is 1. The van der Waals surface area contributed by atoms with Crippen LogP contribution >= 0.6 is 15.9 Å². The number of ether oxygens (including phenoxy) is 1. The zero-order valence-electron chi connectivity index (χ0n) is 12.8. The molecule has 4 nitrogen and oxygen atoms in total. The molecule has 1 aromatic rings. The number of carboxylic acids is 1. The second-order valence-corrected chi connectivity index (χ2v) is 6.74. The standard InChI is InChI=1S/C16H21BrO4/c1-5-6-9-21-15(20)10-7-8-11(17)13(16(2,3)4)12(10)14(18)19/h7-8H,5-6,9H2,1-4H3,(H,18,19). The molecular formula is C16H21BrO4. The van der Waals surface area contributed by atoms with Crippen LogP contribution in [0.2, 0.25) is 0 Å². The first kappa shape index (κ1) is 17.7. The second-order valence-electron chi connectivity index (χ2n) is 5.89. The van der Waals surface area contributed by atoms with Crippen molar-refractivity contribution >= 4 is 27.9 Å². The number of benzene rings is 1. The minimum Gasteiger partial charge on any atom is -0.478 e. The molecular weight excluding hydrogens is 336 g/mol. The smallest absolute Gasteiger partial charge is 0.339 e. The van der Waals surface area contributed by atoms with Crippen LogP contribution in [-0.4, -0.2) is 23.7 Å². The van der Waals surface area contributed by atoms with Crippen molar-refractivity contribution in [1.82, 2.24) is 0 Å². The number of carbonyl (C=O) groups excluding carboxylic acids is 1. The van der Waals surface area contributed by atoms with Crippen molar-refractivity contribution in [2.24, 2.45) is 0 Å². The molecule has 0 aliphatic carbocycles. The summed E-state index contributed by atoms with van der Waals surface area (Å²) in [5.41, 5.74) is 0.303. The van der Waals surface area contributed by atoms with E-state index in [9.17, 15) is 14.7 Å². The highest BCUT2D eigenvalue weighted by Crippen LogP contribution is 2.35. The van der Waals surface area contributed by atoms with Crippen LogP contribution in [0.1, 0.15) is 66.8 Å². The highest BCUT2D eigenvalue weighted by molar-refractivity contribution is 9.10. The minimum absolute atomic E-state index is 0.0124. The second kappa shape index (κ2) is 7.07. The number of unbranched alkanes of at least 4 members (excludes halogenated alkanes) is 1. The molecule has 0 aromatic heterocycles. The number of hydrogen-bond acceptors (Lipinski definition) is 3. The van der Waals surface area contributed by atoms with Gasteiger partial charge in [0.15, 0.2) is 0 Å². The van der Waals surface area contributed by atoms with E-state index in [2.05, 4.69) is 15.9 Å². The summed E-state index contributed by atoms with van der Waals surface area (Å²) in [7, 11) is 0. The molecule has 0 heterocycles. The van der Waals surface area contributed by atoms with E-state index in [-0.39, 0.29) is 11.1 Å². The predicted molar refractivity (Wildman–Crippen MR) is 85.0 cm³/mol. The van der Waals surface area contributed by atoms with Gasteiger partial charge in [-0.25, -0.2) is 9.59 Å². The topological polar surface area (TPSA) is 63.6 Å². The van der Waals surface area contributed by atoms with Gasteiger partial charge in [-0.05, 0) is 29.5 Å². The van der Waals surface area contributed by atoms with Gasteiger partial charge in [0.1, 0.15) is 0 Å². The average molecular weight is 357 g/mol. The van der Waals surface area contributed by atoms with Crippen molar-refractivity contribution in [3.63, 3.8) is 0 Å². The lowest BCUT2D eigenvalue weighted by atomic mass is 9.82. The van der Waals surface area contributed by atoms with E-state index in [1.54, 1.807) is 6.07 Å². The molecule has 21 heavy (non-hydrogen) atoms. The SMILES string of the molecule is CCCCOC(=O)c1ccc(Br)c(C(C)(C)C)c1C(=O)O. The van der Waals surface area contributed by atoms with E-state index >= 15 is 0 Å². The summed E-state index contributed by atoms with van der Waals surface area (Å²) in [5.74, 6) is -1.71. The molecule has 5 heteroatoms. The number of carboxylic acid groups (broad SMARTS) is 1. The third-order valence-electron chi connectivity index (χ3n) is 3.07. The van der Waals surface area contributed by atoms with Gasteiger partial charge in [0.2, 0.25) is 0 Å². The first-order valence-corrected chi connectivity index (χ1v) is 7.72. The molecule has 0 bridgehead atoms. The van der Waals surface area contributed by atoms with Crippen molar-refractivity contribution in [2.75, 3.05) is 6.61 Å². The Hall–Kier alpha value is -1.36. The van der Waals surface area contributed by atoms with E-state index in [1.807, 2.05) is 27.7 Å². The van der Waals surface area contributed by atoms with Crippen LogP contribution in [0.3, 0.4) is 0 Å². The molecule has 0 amide bonds. The molecule has 0 fully saturated rings. The molecule has 1 N–H and O–H groups in total. The van der Waals surface area contributed by atoms with Crippen molar-refractivity contribution in [2.45, 2.75) is 46.0 Å². The third-order valence-corrected chi connectivity index (χ3v) is 3.73. The third kappa shape index (κ3) is 4.30. The van der Waals surface area contributed by atoms with Gasteiger partial charge < -0.3 is 9.84 Å². The first-order valence-electron chi connectivity index (χ1n) is 6.93. The summed E-state index contributed by atoms with van der Waals surface area (Å²) >= 11 is 3.38. The maximum Gasteiger partial charge on any atom is 0.339 e. The van der Waals surface area contributed by atoms with Crippen LogP contribution in [0.15, 0.2) is 16.6 Å².